The van der Waals surface area contributed by atoms with Crippen molar-refractivity contribution in [3.05, 3.63) is 29.8 Å². The standard InChI is InChI=1S/C24H32F3N3O4S/c1-4-30(35(33,34)18-8-6-5-7-17(18)24(25,26)27)21(2,3)20(32)29-23-12-15-9-16(13-23)11-22(10-15,14-23)19(28)31/h5-8,15-16H,4,9-14H2,1-3H3,(H2,28,31)(H,29,32). The number of sulfonamides is 1. The van der Waals surface area contributed by atoms with Crippen molar-refractivity contribution in [2.24, 2.45) is 23.0 Å². The molecule has 0 aliphatic heterocycles. The van der Waals surface area contributed by atoms with E-state index >= 15 is 0 Å². The molecule has 4 aliphatic carbocycles. The number of nitrogens with one attached hydrogen (secondary N) is 1. The highest BCUT2D eigenvalue weighted by atomic mass is 32.2. The molecule has 2 atom stereocenters. The van der Waals surface area contributed by atoms with Crippen LogP contribution in [0, 0.1) is 17.3 Å². The Bertz CT molecular complexity index is 1130. The van der Waals surface area contributed by atoms with Crippen molar-refractivity contribution >= 4 is 21.8 Å². The molecular formula is C24H32F3N3O4S. The first-order valence-electron chi connectivity index (χ1n) is 11.9. The average molecular weight is 516 g/mol. The number of nitrogens with two attached hydrogens (primary N) is 1. The van der Waals surface area contributed by atoms with Crippen LogP contribution >= 0.6 is 0 Å². The Morgan fingerprint density at radius 1 is 1.11 bits per heavy atom. The predicted octanol–water partition coefficient (Wildman–Crippen LogP) is 3.44. The van der Waals surface area contributed by atoms with Crippen LogP contribution in [0.5, 0.6) is 0 Å². The van der Waals surface area contributed by atoms with Gasteiger partial charge >= 0.3 is 6.18 Å². The van der Waals surface area contributed by atoms with Gasteiger partial charge in [0.15, 0.2) is 0 Å². The molecule has 3 N–H and O–H groups in total. The van der Waals surface area contributed by atoms with Crippen LogP contribution < -0.4 is 11.1 Å². The highest BCUT2D eigenvalue weighted by Crippen LogP contribution is 2.61. The number of carbonyl (C=O) groups is 2. The van der Waals surface area contributed by atoms with Crippen molar-refractivity contribution in [1.82, 2.24) is 9.62 Å². The molecule has 4 fully saturated rings. The number of likely N-dealkylation sites (N-methyl/N-ethyl adjacent to an activating group) is 1. The maximum Gasteiger partial charge on any atom is 0.417 e. The number of benzene rings is 1. The fourth-order valence-corrected chi connectivity index (χ4v) is 9.09. The molecular weight excluding hydrogens is 483 g/mol. The molecule has 2 amide bonds. The quantitative estimate of drug-likeness (QED) is 0.580. The Kier molecular flexibility index (Phi) is 6.07. The van der Waals surface area contributed by atoms with Gasteiger partial charge in [0.05, 0.1) is 15.9 Å². The van der Waals surface area contributed by atoms with Crippen molar-refractivity contribution in [3.8, 4) is 0 Å². The Balaban J connectivity index is 1.65. The fraction of sp³-hybridized carbons (Fsp3) is 0.667. The maximum atomic E-state index is 13.6. The molecule has 4 bridgehead atoms. The summed E-state index contributed by atoms with van der Waals surface area (Å²) in [5, 5.41) is 3.05. The smallest absolute Gasteiger partial charge is 0.369 e. The Morgan fingerprint density at radius 2 is 1.69 bits per heavy atom. The van der Waals surface area contributed by atoms with Gasteiger partial charge in [0.25, 0.3) is 0 Å². The average Bonchev–Trinajstić information content (AvgIpc) is 2.71. The number of rotatable bonds is 7. The molecule has 4 aliphatic rings. The zero-order valence-corrected chi connectivity index (χ0v) is 20.9. The first-order valence-corrected chi connectivity index (χ1v) is 13.3. The number of hydrogen-bond donors (Lipinski definition) is 2. The lowest BCUT2D eigenvalue weighted by atomic mass is 9.46. The van der Waals surface area contributed by atoms with Gasteiger partial charge < -0.3 is 11.1 Å². The molecule has 7 nitrogen and oxygen atoms in total. The SMILES string of the molecule is CCN(C(C)(C)C(=O)NC12CC3CC(C1)CC(C(N)=O)(C3)C2)S(=O)(=O)c1ccccc1C(F)(F)F. The highest BCUT2D eigenvalue weighted by molar-refractivity contribution is 7.89. The van der Waals surface area contributed by atoms with E-state index in [0.29, 0.717) is 38.2 Å². The number of halogens is 3. The minimum Gasteiger partial charge on any atom is -0.369 e. The van der Waals surface area contributed by atoms with Crippen molar-refractivity contribution < 1.29 is 31.2 Å². The molecule has 0 radical (unpaired) electrons. The minimum absolute atomic E-state index is 0.210. The predicted molar refractivity (Wildman–Crippen MR) is 122 cm³/mol. The van der Waals surface area contributed by atoms with E-state index in [9.17, 15) is 31.2 Å². The summed E-state index contributed by atoms with van der Waals surface area (Å²) in [7, 11) is -4.68. The number of amides is 2. The summed E-state index contributed by atoms with van der Waals surface area (Å²) in [6, 6.07) is 3.97. The van der Waals surface area contributed by atoms with Gasteiger partial charge in [0, 0.05) is 12.1 Å². The summed E-state index contributed by atoms with van der Waals surface area (Å²) < 4.78 is 68.5. The van der Waals surface area contributed by atoms with E-state index in [1.807, 2.05) is 0 Å². The molecule has 1 aromatic rings. The molecule has 1 aromatic carbocycles. The second kappa shape index (κ2) is 8.19. The van der Waals surface area contributed by atoms with Crippen molar-refractivity contribution in [2.75, 3.05) is 6.54 Å². The second-order valence-electron chi connectivity index (χ2n) is 11.1. The molecule has 5 rings (SSSR count). The van der Waals surface area contributed by atoms with Crippen LogP contribution in [0.1, 0.15) is 64.9 Å². The number of carbonyl (C=O) groups excluding carboxylic acids is 2. The summed E-state index contributed by atoms with van der Waals surface area (Å²) in [4.78, 5) is 25.1. The monoisotopic (exact) mass is 515 g/mol. The molecule has 0 spiro atoms. The normalized spacial score (nSPS) is 30.5. The van der Waals surface area contributed by atoms with E-state index in [4.69, 9.17) is 5.73 Å². The lowest BCUT2D eigenvalue weighted by molar-refractivity contribution is -0.152. The van der Waals surface area contributed by atoms with E-state index in [0.717, 1.165) is 22.9 Å². The van der Waals surface area contributed by atoms with Gasteiger partial charge in [-0.2, -0.15) is 17.5 Å². The van der Waals surface area contributed by atoms with Crippen LogP contribution in [0.25, 0.3) is 0 Å². The first kappa shape index (κ1) is 25.9. The van der Waals surface area contributed by atoms with Gasteiger partial charge in [0.2, 0.25) is 21.8 Å². The number of hydrogen-bond acceptors (Lipinski definition) is 4. The molecule has 194 valence electrons. The van der Waals surface area contributed by atoms with Crippen LogP contribution in [0.15, 0.2) is 29.2 Å². The minimum atomic E-state index is -4.88. The summed E-state index contributed by atoms with van der Waals surface area (Å²) in [5.41, 5.74) is 1.46. The number of primary amides is 1. The van der Waals surface area contributed by atoms with Crippen LogP contribution in [-0.4, -0.2) is 42.2 Å². The van der Waals surface area contributed by atoms with Gasteiger partial charge in [0.1, 0.15) is 5.54 Å². The second-order valence-corrected chi connectivity index (χ2v) is 12.9. The number of nitrogens with zero attached hydrogens (tertiary/aromatic N) is 1. The molecule has 11 heteroatoms. The topological polar surface area (TPSA) is 110 Å². The van der Waals surface area contributed by atoms with Gasteiger partial charge in [-0.3, -0.25) is 9.59 Å². The van der Waals surface area contributed by atoms with Crippen molar-refractivity contribution in [3.63, 3.8) is 0 Å². The summed E-state index contributed by atoms with van der Waals surface area (Å²) in [6.07, 6.45) is -0.753. The molecule has 35 heavy (non-hydrogen) atoms. The highest BCUT2D eigenvalue weighted by Gasteiger charge is 2.61. The van der Waals surface area contributed by atoms with Crippen LogP contribution in [-0.2, 0) is 25.8 Å². The van der Waals surface area contributed by atoms with E-state index in [1.54, 1.807) is 0 Å². The molecule has 0 aromatic heterocycles. The molecule has 0 heterocycles. The summed E-state index contributed by atoms with van der Waals surface area (Å²) in [5.74, 6) is -0.478. The summed E-state index contributed by atoms with van der Waals surface area (Å²) >= 11 is 0. The lowest BCUT2D eigenvalue weighted by Gasteiger charge is -2.61. The van der Waals surface area contributed by atoms with Gasteiger partial charge in [-0.1, -0.05) is 19.1 Å². The lowest BCUT2D eigenvalue weighted by Crippen LogP contribution is -2.68. The zero-order valence-electron chi connectivity index (χ0n) is 20.1. The number of alkyl halides is 3. The maximum absolute atomic E-state index is 13.6. The van der Waals surface area contributed by atoms with Crippen molar-refractivity contribution in [1.29, 1.82) is 0 Å². The van der Waals surface area contributed by atoms with Gasteiger partial charge in [-0.05, 0) is 76.3 Å². The third kappa shape index (κ3) is 4.24. The van der Waals surface area contributed by atoms with Gasteiger partial charge in [-0.15, -0.1) is 0 Å². The van der Waals surface area contributed by atoms with Crippen LogP contribution in [0.3, 0.4) is 0 Å². The molecule has 4 saturated carbocycles. The van der Waals surface area contributed by atoms with Crippen molar-refractivity contribution in [2.45, 2.75) is 81.4 Å². The first-order chi connectivity index (χ1) is 16.1. The third-order valence-corrected chi connectivity index (χ3v) is 10.4. The third-order valence-electron chi connectivity index (χ3n) is 8.19. The van der Waals surface area contributed by atoms with E-state index in [-0.39, 0.29) is 24.3 Å². The fourth-order valence-electron chi connectivity index (χ4n) is 7.11. The summed E-state index contributed by atoms with van der Waals surface area (Å²) in [6.45, 7) is 4.06. The van der Waals surface area contributed by atoms with E-state index in [2.05, 4.69) is 5.32 Å². The Labute approximate surface area is 203 Å². The zero-order chi connectivity index (χ0) is 26.0. The Morgan fingerprint density at radius 3 is 2.20 bits per heavy atom. The Hall–Kier alpha value is -2.14. The molecule has 2 unspecified atom stereocenters. The van der Waals surface area contributed by atoms with Gasteiger partial charge in [-0.25, -0.2) is 8.42 Å². The van der Waals surface area contributed by atoms with Crippen LogP contribution in [0.2, 0.25) is 0 Å². The molecule has 0 saturated heterocycles. The van der Waals surface area contributed by atoms with E-state index in [1.165, 1.54) is 26.8 Å². The van der Waals surface area contributed by atoms with Crippen LogP contribution in [0.4, 0.5) is 13.2 Å². The largest absolute Gasteiger partial charge is 0.417 e. The van der Waals surface area contributed by atoms with E-state index < -0.39 is 49.1 Å².